The first-order chi connectivity index (χ1) is 8.72. The molecule has 0 fully saturated rings. The molecule has 18 heavy (non-hydrogen) atoms. The Hall–Kier alpha value is -1.11. The van der Waals surface area contributed by atoms with Crippen molar-refractivity contribution in [3.05, 3.63) is 17.3 Å². The van der Waals surface area contributed by atoms with Crippen molar-refractivity contribution >= 4 is 16.3 Å². The van der Waals surface area contributed by atoms with E-state index in [9.17, 15) is 5.11 Å². The number of hydrogen-bond donors (Lipinski definition) is 2. The fourth-order valence-corrected chi connectivity index (χ4v) is 2.59. The number of fused-ring (bicyclic) bond motifs is 1. The molecule has 0 aliphatic carbocycles. The Bertz CT molecular complexity index is 492. The number of ether oxygens (including phenoxy) is 1. The maximum Gasteiger partial charge on any atom is 0.237 e. The van der Waals surface area contributed by atoms with Crippen molar-refractivity contribution in [2.45, 2.75) is 32.4 Å². The van der Waals surface area contributed by atoms with Crippen LogP contribution in [0, 0.1) is 0 Å². The standard InChI is InChI=1S/C12H19N3O2S/c1-9(16)4-3-5-13-8-10-11(17-2)14-12-15(10)6-7-18-12/h6-7,9,13,16H,3-5,8H2,1-2H3. The highest BCUT2D eigenvalue weighted by Gasteiger charge is 2.12. The molecule has 0 aliphatic rings. The van der Waals surface area contributed by atoms with Gasteiger partial charge in [0, 0.05) is 18.1 Å². The molecule has 2 aromatic heterocycles. The van der Waals surface area contributed by atoms with Crippen LogP contribution in [0.2, 0.25) is 0 Å². The van der Waals surface area contributed by atoms with E-state index >= 15 is 0 Å². The molecule has 0 aromatic carbocycles. The first-order valence-electron chi connectivity index (χ1n) is 6.09. The number of thiazole rings is 1. The SMILES string of the molecule is COc1nc2sccn2c1CNCCCC(C)O. The van der Waals surface area contributed by atoms with Gasteiger partial charge in [-0.15, -0.1) is 11.3 Å². The van der Waals surface area contributed by atoms with Crippen molar-refractivity contribution in [2.24, 2.45) is 0 Å². The van der Waals surface area contributed by atoms with Crippen LogP contribution in [0.15, 0.2) is 11.6 Å². The zero-order valence-electron chi connectivity index (χ0n) is 10.7. The number of methoxy groups -OCH3 is 1. The highest BCUT2D eigenvalue weighted by Crippen LogP contribution is 2.22. The minimum absolute atomic E-state index is 0.222. The summed E-state index contributed by atoms with van der Waals surface area (Å²) in [7, 11) is 1.64. The van der Waals surface area contributed by atoms with E-state index in [1.807, 2.05) is 22.9 Å². The minimum atomic E-state index is -0.222. The molecule has 2 aromatic rings. The quantitative estimate of drug-likeness (QED) is 0.751. The molecule has 100 valence electrons. The fourth-order valence-electron chi connectivity index (χ4n) is 1.87. The van der Waals surface area contributed by atoms with E-state index in [4.69, 9.17) is 4.74 Å². The third-order valence-corrected chi connectivity index (χ3v) is 3.54. The first-order valence-corrected chi connectivity index (χ1v) is 6.97. The van der Waals surface area contributed by atoms with Crippen LogP contribution < -0.4 is 10.1 Å². The fraction of sp³-hybridized carbons (Fsp3) is 0.583. The van der Waals surface area contributed by atoms with E-state index in [-0.39, 0.29) is 6.10 Å². The van der Waals surface area contributed by atoms with Gasteiger partial charge in [-0.05, 0) is 26.3 Å². The number of nitrogens with zero attached hydrogens (tertiary/aromatic N) is 2. The Morgan fingerprint density at radius 2 is 2.44 bits per heavy atom. The summed E-state index contributed by atoms with van der Waals surface area (Å²) in [6.45, 7) is 3.42. The Morgan fingerprint density at radius 1 is 1.61 bits per heavy atom. The van der Waals surface area contributed by atoms with E-state index in [2.05, 4.69) is 10.3 Å². The van der Waals surface area contributed by atoms with E-state index in [0.29, 0.717) is 5.88 Å². The van der Waals surface area contributed by atoms with Crippen molar-refractivity contribution in [2.75, 3.05) is 13.7 Å². The average Bonchev–Trinajstić information content (AvgIpc) is 2.89. The van der Waals surface area contributed by atoms with Gasteiger partial charge < -0.3 is 15.2 Å². The van der Waals surface area contributed by atoms with Crippen LogP contribution in [0.4, 0.5) is 0 Å². The number of hydrogen-bond acceptors (Lipinski definition) is 5. The molecule has 0 spiro atoms. The van der Waals surface area contributed by atoms with Crippen molar-refractivity contribution in [1.82, 2.24) is 14.7 Å². The lowest BCUT2D eigenvalue weighted by molar-refractivity contribution is 0.181. The number of imidazole rings is 1. The van der Waals surface area contributed by atoms with Crippen LogP contribution >= 0.6 is 11.3 Å². The molecule has 2 rings (SSSR count). The lowest BCUT2D eigenvalue weighted by atomic mass is 10.2. The summed E-state index contributed by atoms with van der Waals surface area (Å²) in [6, 6.07) is 0. The number of aliphatic hydroxyl groups excluding tert-OH is 1. The average molecular weight is 269 g/mol. The van der Waals surface area contributed by atoms with E-state index in [0.717, 1.165) is 36.6 Å². The second kappa shape index (κ2) is 6.17. The largest absolute Gasteiger partial charge is 0.480 e. The van der Waals surface area contributed by atoms with Crippen LogP contribution in [0.25, 0.3) is 4.96 Å². The van der Waals surface area contributed by atoms with Gasteiger partial charge in [-0.2, -0.15) is 4.98 Å². The molecule has 1 unspecified atom stereocenters. The Morgan fingerprint density at radius 3 is 3.17 bits per heavy atom. The van der Waals surface area contributed by atoms with Gasteiger partial charge >= 0.3 is 0 Å². The summed E-state index contributed by atoms with van der Waals surface area (Å²) < 4.78 is 7.33. The van der Waals surface area contributed by atoms with Crippen LogP contribution in [0.1, 0.15) is 25.5 Å². The zero-order valence-corrected chi connectivity index (χ0v) is 11.5. The Balaban J connectivity index is 1.91. The molecule has 2 N–H and O–H groups in total. The van der Waals surface area contributed by atoms with E-state index in [1.54, 1.807) is 18.4 Å². The van der Waals surface area contributed by atoms with Crippen LogP contribution in [-0.4, -0.2) is 34.2 Å². The number of nitrogens with one attached hydrogen (secondary N) is 1. The summed E-state index contributed by atoms with van der Waals surface area (Å²) in [5, 5.41) is 14.5. The summed E-state index contributed by atoms with van der Waals surface area (Å²) in [5.41, 5.74) is 1.05. The van der Waals surface area contributed by atoms with Crippen LogP contribution in [0.5, 0.6) is 5.88 Å². The Kier molecular flexibility index (Phi) is 4.57. The van der Waals surface area contributed by atoms with Gasteiger partial charge in [-0.3, -0.25) is 4.40 Å². The van der Waals surface area contributed by atoms with Gasteiger partial charge in [0.25, 0.3) is 0 Å². The normalized spacial score (nSPS) is 13.1. The van der Waals surface area contributed by atoms with Crippen LogP contribution in [-0.2, 0) is 6.54 Å². The van der Waals surface area contributed by atoms with E-state index < -0.39 is 0 Å². The number of aliphatic hydroxyl groups is 1. The van der Waals surface area contributed by atoms with E-state index in [1.165, 1.54) is 0 Å². The Labute approximate surface area is 110 Å². The monoisotopic (exact) mass is 269 g/mol. The van der Waals surface area contributed by atoms with Crippen molar-refractivity contribution in [3.8, 4) is 5.88 Å². The molecule has 0 saturated heterocycles. The summed E-state index contributed by atoms with van der Waals surface area (Å²) in [5.74, 6) is 0.685. The van der Waals surface area contributed by atoms with Gasteiger partial charge in [0.15, 0.2) is 4.96 Å². The molecule has 5 nitrogen and oxygen atoms in total. The lowest BCUT2D eigenvalue weighted by Gasteiger charge is -2.07. The van der Waals surface area contributed by atoms with Crippen LogP contribution in [0.3, 0.4) is 0 Å². The second-order valence-corrected chi connectivity index (χ2v) is 5.16. The summed E-state index contributed by atoms with van der Waals surface area (Å²) in [4.78, 5) is 5.35. The molecule has 0 saturated carbocycles. The smallest absolute Gasteiger partial charge is 0.237 e. The predicted octanol–water partition coefficient (Wildman–Crippen LogP) is 1.66. The highest BCUT2D eigenvalue weighted by molar-refractivity contribution is 7.15. The van der Waals surface area contributed by atoms with Crippen molar-refractivity contribution in [1.29, 1.82) is 0 Å². The molecule has 2 heterocycles. The molecule has 0 radical (unpaired) electrons. The maximum atomic E-state index is 9.17. The predicted molar refractivity (Wildman–Crippen MR) is 72.2 cm³/mol. The first kappa shape index (κ1) is 13.3. The molecular weight excluding hydrogens is 250 g/mol. The minimum Gasteiger partial charge on any atom is -0.480 e. The molecule has 0 aliphatic heterocycles. The van der Waals surface area contributed by atoms with Gasteiger partial charge in [0.1, 0.15) is 5.69 Å². The van der Waals surface area contributed by atoms with Crippen molar-refractivity contribution in [3.63, 3.8) is 0 Å². The molecule has 0 amide bonds. The second-order valence-electron chi connectivity index (χ2n) is 4.29. The van der Waals surface area contributed by atoms with Gasteiger partial charge in [0.05, 0.1) is 13.2 Å². The highest BCUT2D eigenvalue weighted by atomic mass is 32.1. The summed E-state index contributed by atoms with van der Waals surface area (Å²) in [6.07, 6.45) is 3.57. The summed E-state index contributed by atoms with van der Waals surface area (Å²) >= 11 is 1.60. The van der Waals surface area contributed by atoms with Gasteiger partial charge in [0.2, 0.25) is 5.88 Å². The topological polar surface area (TPSA) is 58.8 Å². The molecular formula is C12H19N3O2S. The number of rotatable bonds is 7. The number of aromatic nitrogens is 2. The zero-order chi connectivity index (χ0) is 13.0. The molecule has 6 heteroatoms. The molecule has 0 bridgehead atoms. The van der Waals surface area contributed by atoms with Gasteiger partial charge in [-0.1, -0.05) is 0 Å². The maximum absolute atomic E-state index is 9.17. The third kappa shape index (κ3) is 3.01. The van der Waals surface area contributed by atoms with Gasteiger partial charge in [-0.25, -0.2) is 0 Å². The lowest BCUT2D eigenvalue weighted by Crippen LogP contribution is -2.17. The van der Waals surface area contributed by atoms with Crippen molar-refractivity contribution < 1.29 is 9.84 Å². The third-order valence-electron chi connectivity index (χ3n) is 2.79. The molecule has 1 atom stereocenters.